The molecule has 23 heavy (non-hydrogen) atoms. The van der Waals surface area contributed by atoms with Crippen molar-refractivity contribution in [2.75, 3.05) is 27.3 Å². The third-order valence-corrected chi connectivity index (χ3v) is 3.65. The number of benzene rings is 2. The summed E-state index contributed by atoms with van der Waals surface area (Å²) in [7, 11) is 3.45. The van der Waals surface area contributed by atoms with E-state index in [9.17, 15) is 4.79 Å². The van der Waals surface area contributed by atoms with Crippen LogP contribution in [0.15, 0.2) is 54.6 Å². The van der Waals surface area contributed by atoms with Crippen LogP contribution in [0, 0.1) is 0 Å². The quantitative estimate of drug-likeness (QED) is 0.751. The standard InChI is InChI=1S/C19H23NO3/c1-20(14-15-23-18-6-4-3-5-7-18)19(21)13-10-16-8-11-17(22-2)12-9-16/h3-9,11-12H,10,13-15H2,1-2H3. The van der Waals surface area contributed by atoms with E-state index in [0.29, 0.717) is 19.6 Å². The van der Waals surface area contributed by atoms with Gasteiger partial charge in [-0.1, -0.05) is 30.3 Å². The van der Waals surface area contributed by atoms with Crippen LogP contribution < -0.4 is 9.47 Å². The van der Waals surface area contributed by atoms with E-state index in [1.54, 1.807) is 12.0 Å². The molecular formula is C19H23NO3. The van der Waals surface area contributed by atoms with Gasteiger partial charge in [-0.15, -0.1) is 0 Å². The van der Waals surface area contributed by atoms with Gasteiger partial charge in [-0.2, -0.15) is 0 Å². The van der Waals surface area contributed by atoms with Gasteiger partial charge < -0.3 is 14.4 Å². The van der Waals surface area contributed by atoms with Crippen LogP contribution in [-0.2, 0) is 11.2 Å². The van der Waals surface area contributed by atoms with Crippen molar-refractivity contribution in [2.24, 2.45) is 0 Å². The molecule has 0 bridgehead atoms. The molecule has 0 spiro atoms. The zero-order valence-electron chi connectivity index (χ0n) is 13.7. The van der Waals surface area contributed by atoms with Gasteiger partial charge in [-0.25, -0.2) is 0 Å². The predicted molar refractivity (Wildman–Crippen MR) is 90.9 cm³/mol. The van der Waals surface area contributed by atoms with Gasteiger partial charge in [0.25, 0.3) is 0 Å². The summed E-state index contributed by atoms with van der Waals surface area (Å²) in [5.41, 5.74) is 1.13. The van der Waals surface area contributed by atoms with Gasteiger partial charge in [0.2, 0.25) is 5.91 Å². The van der Waals surface area contributed by atoms with Crippen LogP contribution in [0.5, 0.6) is 11.5 Å². The molecule has 2 rings (SSSR count). The van der Waals surface area contributed by atoms with Crippen LogP contribution >= 0.6 is 0 Å². The molecule has 0 saturated carbocycles. The Balaban J connectivity index is 1.69. The summed E-state index contributed by atoms with van der Waals surface area (Å²) in [6, 6.07) is 17.4. The smallest absolute Gasteiger partial charge is 0.222 e. The maximum Gasteiger partial charge on any atom is 0.222 e. The van der Waals surface area contributed by atoms with Crippen molar-refractivity contribution < 1.29 is 14.3 Å². The molecule has 2 aromatic carbocycles. The third-order valence-electron chi connectivity index (χ3n) is 3.65. The highest BCUT2D eigenvalue weighted by atomic mass is 16.5. The van der Waals surface area contributed by atoms with Crippen molar-refractivity contribution in [1.82, 2.24) is 4.90 Å². The lowest BCUT2D eigenvalue weighted by atomic mass is 10.1. The number of ether oxygens (including phenoxy) is 2. The Morgan fingerprint density at radius 3 is 2.35 bits per heavy atom. The molecule has 122 valence electrons. The lowest BCUT2D eigenvalue weighted by Gasteiger charge is -2.17. The van der Waals surface area contributed by atoms with Crippen molar-refractivity contribution >= 4 is 5.91 Å². The first-order valence-electron chi connectivity index (χ1n) is 7.74. The highest BCUT2D eigenvalue weighted by Gasteiger charge is 2.09. The van der Waals surface area contributed by atoms with Crippen molar-refractivity contribution in [3.8, 4) is 11.5 Å². The number of hydrogen-bond donors (Lipinski definition) is 0. The van der Waals surface area contributed by atoms with Crippen LogP contribution in [0.4, 0.5) is 0 Å². The number of carbonyl (C=O) groups is 1. The van der Waals surface area contributed by atoms with Gasteiger partial charge in [0.05, 0.1) is 13.7 Å². The molecule has 0 aliphatic heterocycles. The maximum atomic E-state index is 12.1. The molecule has 0 aliphatic rings. The van der Waals surface area contributed by atoms with E-state index >= 15 is 0 Å². The first-order chi connectivity index (χ1) is 11.2. The third kappa shape index (κ3) is 5.66. The molecule has 0 radical (unpaired) electrons. The summed E-state index contributed by atoms with van der Waals surface area (Å²) in [6.07, 6.45) is 1.22. The first kappa shape index (κ1) is 16.9. The van der Waals surface area contributed by atoms with Gasteiger partial charge in [0, 0.05) is 13.5 Å². The molecule has 0 unspecified atom stereocenters. The molecule has 0 fully saturated rings. The Morgan fingerprint density at radius 2 is 1.70 bits per heavy atom. The average molecular weight is 313 g/mol. The Morgan fingerprint density at radius 1 is 1.00 bits per heavy atom. The Bertz CT molecular complexity index is 596. The first-order valence-corrected chi connectivity index (χ1v) is 7.74. The van der Waals surface area contributed by atoms with E-state index in [0.717, 1.165) is 23.5 Å². The van der Waals surface area contributed by atoms with Gasteiger partial charge in [0.1, 0.15) is 18.1 Å². The summed E-state index contributed by atoms with van der Waals surface area (Å²) in [6.45, 7) is 1.07. The Labute approximate surface area is 137 Å². The monoisotopic (exact) mass is 313 g/mol. The Hall–Kier alpha value is -2.49. The van der Waals surface area contributed by atoms with E-state index in [4.69, 9.17) is 9.47 Å². The SMILES string of the molecule is COc1ccc(CCC(=O)N(C)CCOc2ccccc2)cc1. The summed E-state index contributed by atoms with van der Waals surface area (Å²) in [4.78, 5) is 13.8. The molecule has 1 amide bonds. The van der Waals surface area contributed by atoms with Gasteiger partial charge in [-0.05, 0) is 36.2 Å². The largest absolute Gasteiger partial charge is 0.497 e. The minimum atomic E-state index is 0.123. The van der Waals surface area contributed by atoms with E-state index < -0.39 is 0 Å². The van der Waals surface area contributed by atoms with Crippen LogP contribution in [0.1, 0.15) is 12.0 Å². The zero-order chi connectivity index (χ0) is 16.5. The summed E-state index contributed by atoms with van der Waals surface area (Å²) < 4.78 is 10.7. The Kier molecular flexibility index (Phi) is 6.48. The number of likely N-dealkylation sites (N-methyl/N-ethyl adjacent to an activating group) is 1. The average Bonchev–Trinajstić information content (AvgIpc) is 2.61. The molecule has 0 aliphatic carbocycles. The van der Waals surface area contributed by atoms with Crippen molar-refractivity contribution in [3.05, 3.63) is 60.2 Å². The van der Waals surface area contributed by atoms with Crippen LogP contribution in [-0.4, -0.2) is 38.1 Å². The van der Waals surface area contributed by atoms with Crippen LogP contribution in [0.25, 0.3) is 0 Å². The summed E-state index contributed by atoms with van der Waals surface area (Å²) in [5.74, 6) is 1.78. The molecule has 0 aromatic heterocycles. The molecule has 0 heterocycles. The second-order valence-electron chi connectivity index (χ2n) is 5.32. The number of hydrogen-bond acceptors (Lipinski definition) is 3. The number of methoxy groups -OCH3 is 1. The highest BCUT2D eigenvalue weighted by Crippen LogP contribution is 2.13. The molecular weight excluding hydrogens is 290 g/mol. The van der Waals surface area contributed by atoms with E-state index in [-0.39, 0.29) is 5.91 Å². The fourth-order valence-corrected chi connectivity index (χ4v) is 2.18. The number of nitrogens with zero attached hydrogens (tertiary/aromatic N) is 1. The number of rotatable bonds is 8. The van der Waals surface area contributed by atoms with Gasteiger partial charge in [-0.3, -0.25) is 4.79 Å². The van der Waals surface area contributed by atoms with Crippen LogP contribution in [0.3, 0.4) is 0 Å². The lowest BCUT2D eigenvalue weighted by molar-refractivity contribution is -0.130. The second kappa shape index (κ2) is 8.83. The van der Waals surface area contributed by atoms with E-state index in [2.05, 4.69) is 0 Å². The van der Waals surface area contributed by atoms with Crippen molar-refractivity contribution in [2.45, 2.75) is 12.8 Å². The van der Waals surface area contributed by atoms with Crippen molar-refractivity contribution in [3.63, 3.8) is 0 Å². The number of para-hydroxylation sites is 1. The fraction of sp³-hybridized carbons (Fsp3) is 0.316. The number of aryl methyl sites for hydroxylation is 1. The van der Waals surface area contributed by atoms with Gasteiger partial charge in [0.15, 0.2) is 0 Å². The fourth-order valence-electron chi connectivity index (χ4n) is 2.18. The summed E-state index contributed by atoms with van der Waals surface area (Å²) in [5, 5.41) is 0. The minimum absolute atomic E-state index is 0.123. The summed E-state index contributed by atoms with van der Waals surface area (Å²) >= 11 is 0. The second-order valence-corrected chi connectivity index (χ2v) is 5.32. The molecule has 0 N–H and O–H groups in total. The topological polar surface area (TPSA) is 38.8 Å². The molecule has 4 heteroatoms. The number of amides is 1. The molecule has 4 nitrogen and oxygen atoms in total. The van der Waals surface area contributed by atoms with E-state index in [1.165, 1.54) is 0 Å². The molecule has 2 aromatic rings. The number of carbonyl (C=O) groups excluding carboxylic acids is 1. The van der Waals surface area contributed by atoms with Crippen molar-refractivity contribution in [1.29, 1.82) is 0 Å². The van der Waals surface area contributed by atoms with E-state index in [1.807, 2.05) is 61.6 Å². The highest BCUT2D eigenvalue weighted by molar-refractivity contribution is 5.76. The maximum absolute atomic E-state index is 12.1. The van der Waals surface area contributed by atoms with Gasteiger partial charge >= 0.3 is 0 Å². The predicted octanol–water partition coefficient (Wildman–Crippen LogP) is 3.17. The minimum Gasteiger partial charge on any atom is -0.497 e. The lowest BCUT2D eigenvalue weighted by Crippen LogP contribution is -2.31. The zero-order valence-corrected chi connectivity index (χ0v) is 13.7. The van der Waals surface area contributed by atoms with Crippen LogP contribution in [0.2, 0.25) is 0 Å². The normalized spacial score (nSPS) is 10.2. The molecule has 0 saturated heterocycles. The molecule has 0 atom stereocenters.